The summed E-state index contributed by atoms with van der Waals surface area (Å²) in [6, 6.07) is 8.85. The molecule has 1 aromatic carbocycles. The van der Waals surface area contributed by atoms with Crippen molar-refractivity contribution in [3.05, 3.63) is 35.9 Å². The molecule has 0 fully saturated rings. The summed E-state index contributed by atoms with van der Waals surface area (Å²) in [6.45, 7) is 0.117. The molecule has 21 heavy (non-hydrogen) atoms. The van der Waals surface area contributed by atoms with Crippen LogP contribution in [-0.2, 0) is 16.0 Å². The molecule has 0 amide bonds. The number of esters is 1. The third-order valence-corrected chi connectivity index (χ3v) is 2.87. The van der Waals surface area contributed by atoms with E-state index in [0.717, 1.165) is 5.56 Å². The minimum absolute atomic E-state index is 0. The van der Waals surface area contributed by atoms with Crippen molar-refractivity contribution in [1.29, 1.82) is 0 Å². The maximum Gasteiger partial charge on any atom is 0.323 e. The fourth-order valence-electron chi connectivity index (χ4n) is 1.51. The molecular weight excluding hydrogens is 407 g/mol. The van der Waals surface area contributed by atoms with Crippen molar-refractivity contribution >= 4 is 39.9 Å². The summed E-state index contributed by atoms with van der Waals surface area (Å²) >= 11 is 0. The van der Waals surface area contributed by atoms with Gasteiger partial charge in [-0.25, -0.2) is 0 Å². The Morgan fingerprint density at radius 3 is 2.38 bits per heavy atom. The molecule has 7 heteroatoms. The molecule has 0 aliphatic rings. The first-order valence-corrected chi connectivity index (χ1v) is 6.29. The summed E-state index contributed by atoms with van der Waals surface area (Å²) in [4.78, 5) is 11.7. The van der Waals surface area contributed by atoms with Crippen molar-refractivity contribution in [2.24, 2.45) is 5.73 Å². The first-order chi connectivity index (χ1) is 8.94. The predicted molar refractivity (Wildman–Crippen MR) is 92.7 cm³/mol. The molecule has 2 N–H and O–H groups in total. The molecule has 1 atom stereocenters. The second-order valence-corrected chi connectivity index (χ2v) is 5.24. The van der Waals surface area contributed by atoms with Gasteiger partial charge in [0.05, 0.1) is 14.1 Å². The second kappa shape index (κ2) is 11.1. The lowest BCUT2D eigenvalue weighted by Crippen LogP contribution is -2.43. The average molecular weight is 431 g/mol. The molecule has 0 spiro atoms. The van der Waals surface area contributed by atoms with Crippen LogP contribution in [0.25, 0.3) is 0 Å². The molecular formula is C14H24Br2FN2O2+. The normalized spacial score (nSPS) is 11.8. The number of nitrogens with zero attached hydrogens (tertiary/aromatic N) is 1. The van der Waals surface area contributed by atoms with Gasteiger partial charge in [-0.1, -0.05) is 30.3 Å². The number of quaternary nitrogens is 1. The number of carbonyl (C=O) groups excluding carboxylic acids is 1. The smallest absolute Gasteiger partial charge is 0.323 e. The van der Waals surface area contributed by atoms with Gasteiger partial charge < -0.3 is 10.5 Å². The molecule has 4 nitrogen and oxygen atoms in total. The zero-order chi connectivity index (χ0) is 14.3. The van der Waals surface area contributed by atoms with Gasteiger partial charge in [-0.3, -0.25) is 9.28 Å². The molecule has 1 rings (SSSR count). The molecule has 0 radical (unpaired) electrons. The van der Waals surface area contributed by atoms with E-state index in [-0.39, 0.29) is 45.1 Å². The molecule has 0 aromatic heterocycles. The second-order valence-electron chi connectivity index (χ2n) is 5.24. The Morgan fingerprint density at radius 1 is 1.29 bits per heavy atom. The van der Waals surface area contributed by atoms with E-state index < -0.39 is 18.8 Å². The van der Waals surface area contributed by atoms with Crippen LogP contribution in [0.2, 0.25) is 0 Å². The standard InChI is InChI=1S/C14H22FN2O2.2BrH/c1-17(2,11-15)8-9-19-14(18)13(16)10-12-6-4-3-5-7-12;;/h3-7,13H,8-11,16H2,1-2H3;2*1H/q+1;;/t13-;;/m0../s1. The van der Waals surface area contributed by atoms with Gasteiger partial charge in [0.15, 0.2) is 0 Å². The minimum Gasteiger partial charge on any atom is -0.459 e. The molecule has 0 aliphatic carbocycles. The van der Waals surface area contributed by atoms with Gasteiger partial charge in [0.1, 0.15) is 19.2 Å². The van der Waals surface area contributed by atoms with Crippen LogP contribution in [0.1, 0.15) is 5.56 Å². The zero-order valence-corrected chi connectivity index (χ0v) is 15.8. The fourth-order valence-corrected chi connectivity index (χ4v) is 1.51. The lowest BCUT2D eigenvalue weighted by Gasteiger charge is -2.25. The van der Waals surface area contributed by atoms with Crippen LogP contribution in [0, 0.1) is 0 Å². The van der Waals surface area contributed by atoms with Crippen molar-refractivity contribution in [2.45, 2.75) is 12.5 Å². The van der Waals surface area contributed by atoms with Gasteiger partial charge in [-0.15, -0.1) is 34.0 Å². The van der Waals surface area contributed by atoms with Crippen LogP contribution in [0.5, 0.6) is 0 Å². The maximum absolute atomic E-state index is 12.5. The summed E-state index contributed by atoms with van der Waals surface area (Å²) in [7, 11) is 3.47. The Bertz CT molecular complexity index is 405. The largest absolute Gasteiger partial charge is 0.459 e. The van der Waals surface area contributed by atoms with E-state index >= 15 is 0 Å². The van der Waals surface area contributed by atoms with Gasteiger partial charge in [0.2, 0.25) is 6.80 Å². The lowest BCUT2D eigenvalue weighted by atomic mass is 10.1. The molecule has 0 bridgehead atoms. The molecule has 122 valence electrons. The average Bonchev–Trinajstić information content (AvgIpc) is 2.39. The van der Waals surface area contributed by atoms with E-state index in [2.05, 4.69) is 0 Å². The number of hydrogen-bond donors (Lipinski definition) is 1. The van der Waals surface area contributed by atoms with E-state index in [1.54, 1.807) is 14.1 Å². The van der Waals surface area contributed by atoms with Crippen LogP contribution in [0.4, 0.5) is 4.39 Å². The first kappa shape index (κ1) is 22.8. The highest BCUT2D eigenvalue weighted by Crippen LogP contribution is 2.03. The molecule has 1 aromatic rings. The Balaban J connectivity index is 0. The Morgan fingerprint density at radius 2 is 1.86 bits per heavy atom. The van der Waals surface area contributed by atoms with Gasteiger partial charge in [-0.05, 0) is 12.0 Å². The van der Waals surface area contributed by atoms with Gasteiger partial charge in [0, 0.05) is 0 Å². The molecule has 0 aliphatic heterocycles. The first-order valence-electron chi connectivity index (χ1n) is 6.29. The van der Waals surface area contributed by atoms with E-state index in [4.69, 9.17) is 10.5 Å². The quantitative estimate of drug-likeness (QED) is 0.410. The van der Waals surface area contributed by atoms with E-state index in [9.17, 15) is 9.18 Å². The summed E-state index contributed by atoms with van der Waals surface area (Å²) in [5.41, 5.74) is 6.77. The highest BCUT2D eigenvalue weighted by atomic mass is 79.9. The summed E-state index contributed by atoms with van der Waals surface area (Å²) < 4.78 is 17.8. The summed E-state index contributed by atoms with van der Waals surface area (Å²) in [5, 5.41) is 0. The monoisotopic (exact) mass is 429 g/mol. The highest BCUT2D eigenvalue weighted by molar-refractivity contribution is 8.93. The molecule has 0 saturated carbocycles. The predicted octanol–water partition coefficient (Wildman–Crippen LogP) is 2.26. The Labute approximate surface area is 146 Å². The molecule has 0 saturated heterocycles. The summed E-state index contributed by atoms with van der Waals surface area (Å²) in [5.74, 6) is -0.442. The van der Waals surface area contributed by atoms with Crippen LogP contribution in [0.15, 0.2) is 30.3 Å². The number of likely N-dealkylation sites (N-methyl/N-ethyl adjacent to an activating group) is 1. The third-order valence-electron chi connectivity index (χ3n) is 2.87. The van der Waals surface area contributed by atoms with Crippen molar-refractivity contribution < 1.29 is 18.4 Å². The Kier molecular flexibility index (Phi) is 12.1. The number of rotatable bonds is 7. The van der Waals surface area contributed by atoms with Gasteiger partial charge in [0.25, 0.3) is 0 Å². The minimum atomic E-state index is -0.677. The number of carbonyl (C=O) groups is 1. The molecule has 0 unspecified atom stereocenters. The topological polar surface area (TPSA) is 52.3 Å². The van der Waals surface area contributed by atoms with Crippen LogP contribution < -0.4 is 5.73 Å². The number of halogens is 3. The van der Waals surface area contributed by atoms with Crippen molar-refractivity contribution in [2.75, 3.05) is 34.0 Å². The Hall–Kier alpha value is -0.500. The van der Waals surface area contributed by atoms with E-state index in [1.807, 2.05) is 30.3 Å². The van der Waals surface area contributed by atoms with Crippen molar-refractivity contribution in [3.8, 4) is 0 Å². The summed E-state index contributed by atoms with van der Waals surface area (Å²) in [6.07, 6.45) is 0.445. The SMILES string of the molecule is Br.Br.C[N+](C)(CF)CCOC(=O)[C@@H](N)Cc1ccccc1. The van der Waals surface area contributed by atoms with Crippen molar-refractivity contribution in [3.63, 3.8) is 0 Å². The van der Waals surface area contributed by atoms with Crippen molar-refractivity contribution in [1.82, 2.24) is 0 Å². The van der Waals surface area contributed by atoms with Gasteiger partial charge in [-0.2, -0.15) is 4.39 Å². The van der Waals surface area contributed by atoms with Gasteiger partial charge >= 0.3 is 5.97 Å². The highest BCUT2D eigenvalue weighted by Gasteiger charge is 2.18. The van der Waals surface area contributed by atoms with Crippen LogP contribution in [0.3, 0.4) is 0 Å². The number of alkyl halides is 1. The number of ether oxygens (including phenoxy) is 1. The number of benzene rings is 1. The number of hydrogen-bond acceptors (Lipinski definition) is 3. The number of nitrogens with two attached hydrogens (primary N) is 1. The fraction of sp³-hybridized carbons (Fsp3) is 0.500. The third kappa shape index (κ3) is 9.18. The van der Waals surface area contributed by atoms with E-state index in [0.29, 0.717) is 13.0 Å². The zero-order valence-electron chi connectivity index (χ0n) is 12.3. The van der Waals surface area contributed by atoms with Crippen LogP contribution in [-0.4, -0.2) is 50.5 Å². The maximum atomic E-state index is 12.5. The van der Waals surface area contributed by atoms with E-state index in [1.165, 1.54) is 0 Å². The lowest BCUT2D eigenvalue weighted by molar-refractivity contribution is -0.902. The molecule has 0 heterocycles. The van der Waals surface area contributed by atoms with Crippen LogP contribution >= 0.6 is 34.0 Å².